The van der Waals surface area contributed by atoms with Gasteiger partial charge in [0.05, 0.1) is 34.7 Å². The van der Waals surface area contributed by atoms with E-state index in [0.717, 1.165) is 42.0 Å². The SMILES string of the molecule is CCc1nc(/C=C(\C)[C@@H]2C/C=C\CCC[C@H](C)[C@H](O)[C@@H](C)C(=O)C(C)(C)[C@@H](O)CC(=O)O2)cs1. The third kappa shape index (κ3) is 7.59. The summed E-state index contributed by atoms with van der Waals surface area (Å²) in [6, 6.07) is 0. The van der Waals surface area contributed by atoms with Crippen molar-refractivity contribution in [2.24, 2.45) is 17.3 Å². The molecule has 34 heavy (non-hydrogen) atoms. The highest BCUT2D eigenvalue weighted by Crippen LogP contribution is 2.32. The standard InChI is InChI=1S/C27H41NO5S/c1-7-23-28-20(16-34-23)14-18(3)21-13-11-9-8-10-12-17(2)25(31)19(4)26(32)27(5,6)22(29)15-24(30)33-21/h9,11,14,16-17,19,21-22,25,29,31H,7-8,10,12-13,15H2,1-6H3/b11-9-,18-14+/t17-,19+,21-,22-,25-/m0/s1. The van der Waals surface area contributed by atoms with Gasteiger partial charge in [-0.25, -0.2) is 4.98 Å². The molecule has 1 aliphatic heterocycles. The summed E-state index contributed by atoms with van der Waals surface area (Å²) < 4.78 is 5.78. The van der Waals surface area contributed by atoms with E-state index in [4.69, 9.17) is 4.74 Å². The van der Waals surface area contributed by atoms with Crippen LogP contribution in [0.1, 0.15) is 84.3 Å². The molecule has 0 aromatic carbocycles. The van der Waals surface area contributed by atoms with Gasteiger partial charge in [-0.3, -0.25) is 9.59 Å². The summed E-state index contributed by atoms with van der Waals surface area (Å²) in [6.45, 7) is 10.9. The number of allylic oxidation sites excluding steroid dienone is 1. The van der Waals surface area contributed by atoms with Crippen molar-refractivity contribution in [1.29, 1.82) is 0 Å². The third-order valence-electron chi connectivity index (χ3n) is 6.91. The number of aliphatic hydroxyl groups excluding tert-OH is 2. The van der Waals surface area contributed by atoms with Crippen molar-refractivity contribution in [2.75, 3.05) is 0 Å². The van der Waals surface area contributed by atoms with Gasteiger partial charge in [-0.15, -0.1) is 11.3 Å². The van der Waals surface area contributed by atoms with Crippen LogP contribution in [0.25, 0.3) is 6.08 Å². The molecule has 0 aliphatic carbocycles. The van der Waals surface area contributed by atoms with Gasteiger partial charge in [-0.1, -0.05) is 46.8 Å². The predicted octanol–water partition coefficient (Wildman–Crippen LogP) is 5.13. The molecule has 0 saturated carbocycles. The second kappa shape index (κ2) is 12.8. The summed E-state index contributed by atoms with van der Waals surface area (Å²) >= 11 is 1.61. The van der Waals surface area contributed by atoms with Crippen LogP contribution in [0.4, 0.5) is 0 Å². The molecule has 0 fully saturated rings. The van der Waals surface area contributed by atoms with Crippen molar-refractivity contribution >= 4 is 29.2 Å². The third-order valence-corrected chi connectivity index (χ3v) is 7.92. The number of cyclic esters (lactones) is 1. The van der Waals surface area contributed by atoms with Crippen LogP contribution >= 0.6 is 11.3 Å². The monoisotopic (exact) mass is 491 g/mol. The maximum Gasteiger partial charge on any atom is 0.309 e. The molecule has 0 unspecified atom stereocenters. The van der Waals surface area contributed by atoms with E-state index in [2.05, 4.69) is 18.0 Å². The average Bonchev–Trinajstić information content (AvgIpc) is 3.25. The minimum atomic E-state index is -1.21. The maximum atomic E-state index is 13.1. The number of hydrogen-bond acceptors (Lipinski definition) is 7. The Morgan fingerprint density at radius 3 is 2.62 bits per heavy atom. The largest absolute Gasteiger partial charge is 0.457 e. The number of carbonyl (C=O) groups is 2. The number of carbonyl (C=O) groups excluding carboxylic acids is 2. The lowest BCUT2D eigenvalue weighted by molar-refractivity contribution is -0.154. The first kappa shape index (κ1) is 28.4. The lowest BCUT2D eigenvalue weighted by Crippen LogP contribution is -2.45. The van der Waals surface area contributed by atoms with Crippen molar-refractivity contribution in [3.8, 4) is 0 Å². The van der Waals surface area contributed by atoms with Crippen LogP contribution in [0.3, 0.4) is 0 Å². The van der Waals surface area contributed by atoms with Crippen molar-refractivity contribution in [3.63, 3.8) is 0 Å². The zero-order valence-electron chi connectivity index (χ0n) is 21.4. The highest BCUT2D eigenvalue weighted by atomic mass is 32.1. The maximum absolute atomic E-state index is 13.1. The van der Waals surface area contributed by atoms with Crippen LogP contribution in [-0.4, -0.2) is 45.3 Å². The predicted molar refractivity (Wildman–Crippen MR) is 136 cm³/mol. The second-order valence-corrected chi connectivity index (χ2v) is 11.0. The molecule has 0 saturated heterocycles. The summed E-state index contributed by atoms with van der Waals surface area (Å²) in [4.78, 5) is 30.5. The average molecular weight is 492 g/mol. The molecule has 1 aromatic rings. The number of rotatable bonds is 3. The van der Waals surface area contributed by atoms with Gasteiger partial charge in [-0.05, 0) is 50.2 Å². The molecule has 1 aliphatic rings. The summed E-state index contributed by atoms with van der Waals surface area (Å²) in [7, 11) is 0. The lowest BCUT2D eigenvalue weighted by atomic mass is 9.73. The Morgan fingerprint density at radius 2 is 1.97 bits per heavy atom. The normalized spacial score (nSPS) is 31.2. The van der Waals surface area contributed by atoms with Crippen LogP contribution in [0.15, 0.2) is 23.1 Å². The Labute approximate surface area is 208 Å². The van der Waals surface area contributed by atoms with E-state index >= 15 is 0 Å². The molecule has 0 radical (unpaired) electrons. The van der Waals surface area contributed by atoms with E-state index in [9.17, 15) is 19.8 Å². The first-order valence-corrected chi connectivity index (χ1v) is 13.2. The quantitative estimate of drug-likeness (QED) is 0.449. The van der Waals surface area contributed by atoms with Gasteiger partial charge in [0, 0.05) is 17.7 Å². The molecule has 190 valence electrons. The van der Waals surface area contributed by atoms with Gasteiger partial charge >= 0.3 is 5.97 Å². The molecule has 5 atom stereocenters. The minimum absolute atomic E-state index is 0.0396. The molecule has 2 N–H and O–H groups in total. The molecular weight excluding hydrogens is 450 g/mol. The Balaban J connectivity index is 2.27. The molecule has 2 rings (SSSR count). The number of Topliss-reactive ketones (excluding diaryl/α,β-unsaturated/α-hetero) is 1. The van der Waals surface area contributed by atoms with Crippen molar-refractivity contribution in [2.45, 2.75) is 98.4 Å². The number of aromatic nitrogens is 1. The highest BCUT2D eigenvalue weighted by Gasteiger charge is 2.42. The fourth-order valence-corrected chi connectivity index (χ4v) is 4.99. The molecule has 0 bridgehead atoms. The molecule has 7 heteroatoms. The van der Waals surface area contributed by atoms with E-state index in [-0.39, 0.29) is 18.1 Å². The molecule has 0 amide bonds. The Hall–Kier alpha value is -1.83. The topological polar surface area (TPSA) is 96.7 Å². The van der Waals surface area contributed by atoms with Gasteiger partial charge in [-0.2, -0.15) is 0 Å². The second-order valence-electron chi connectivity index (χ2n) is 10.1. The zero-order valence-corrected chi connectivity index (χ0v) is 22.2. The first-order chi connectivity index (χ1) is 16.0. The van der Waals surface area contributed by atoms with Gasteiger partial charge in [0.15, 0.2) is 0 Å². The number of aryl methyl sites for hydroxylation is 1. The van der Waals surface area contributed by atoms with Crippen LogP contribution in [-0.2, 0) is 20.7 Å². The number of ether oxygens (including phenoxy) is 1. The van der Waals surface area contributed by atoms with E-state index < -0.39 is 35.6 Å². The van der Waals surface area contributed by atoms with E-state index in [1.165, 1.54) is 0 Å². The number of aliphatic hydroxyl groups is 2. The van der Waals surface area contributed by atoms with Gasteiger partial charge in [0.1, 0.15) is 11.9 Å². The fourth-order valence-electron chi connectivity index (χ4n) is 4.29. The molecule has 2 heterocycles. The molecule has 6 nitrogen and oxygen atoms in total. The Morgan fingerprint density at radius 1 is 1.26 bits per heavy atom. The lowest BCUT2D eigenvalue weighted by Gasteiger charge is -2.34. The zero-order chi connectivity index (χ0) is 25.5. The number of ketones is 1. The molecular formula is C27H41NO5S. The smallest absolute Gasteiger partial charge is 0.309 e. The summed E-state index contributed by atoms with van der Waals surface area (Å²) in [6.07, 6.45) is 7.19. The van der Waals surface area contributed by atoms with Crippen LogP contribution < -0.4 is 0 Å². The summed E-state index contributed by atoms with van der Waals surface area (Å²) in [5, 5.41) is 24.6. The number of hydrogen-bond donors (Lipinski definition) is 2. The first-order valence-electron chi connectivity index (χ1n) is 12.3. The van der Waals surface area contributed by atoms with Crippen molar-refractivity contribution in [1.82, 2.24) is 4.98 Å². The molecule has 0 spiro atoms. The number of esters is 1. The van der Waals surface area contributed by atoms with E-state index in [1.54, 1.807) is 32.1 Å². The summed E-state index contributed by atoms with van der Waals surface area (Å²) in [5.41, 5.74) is 0.537. The number of thiazole rings is 1. The van der Waals surface area contributed by atoms with Crippen molar-refractivity contribution in [3.05, 3.63) is 33.8 Å². The van der Waals surface area contributed by atoms with Crippen LogP contribution in [0.5, 0.6) is 0 Å². The Kier molecular flexibility index (Phi) is 10.7. The van der Waals surface area contributed by atoms with E-state index in [0.29, 0.717) is 6.42 Å². The summed E-state index contributed by atoms with van der Waals surface area (Å²) in [5.74, 6) is -1.48. The number of nitrogens with zero attached hydrogens (tertiary/aromatic N) is 1. The van der Waals surface area contributed by atoms with E-state index in [1.807, 2.05) is 31.4 Å². The van der Waals surface area contributed by atoms with Crippen LogP contribution in [0, 0.1) is 17.3 Å². The minimum Gasteiger partial charge on any atom is -0.457 e. The Bertz CT molecular complexity index is 887. The van der Waals surface area contributed by atoms with Gasteiger partial charge < -0.3 is 14.9 Å². The van der Waals surface area contributed by atoms with Crippen LogP contribution in [0.2, 0.25) is 0 Å². The van der Waals surface area contributed by atoms with Crippen molar-refractivity contribution < 1.29 is 24.5 Å². The van der Waals surface area contributed by atoms with Gasteiger partial charge in [0.25, 0.3) is 0 Å². The van der Waals surface area contributed by atoms with Gasteiger partial charge in [0.2, 0.25) is 0 Å². The highest BCUT2D eigenvalue weighted by molar-refractivity contribution is 7.09. The fraction of sp³-hybridized carbons (Fsp3) is 0.667. The molecule has 1 aromatic heterocycles.